The van der Waals surface area contributed by atoms with E-state index < -0.39 is 0 Å². The van der Waals surface area contributed by atoms with Gasteiger partial charge >= 0.3 is 0 Å². The second-order valence-corrected chi connectivity index (χ2v) is 4.81. The van der Waals surface area contributed by atoms with Crippen LogP contribution in [0.4, 0.5) is 16.0 Å². The molecule has 112 valence electrons. The van der Waals surface area contributed by atoms with Crippen molar-refractivity contribution in [3.63, 3.8) is 0 Å². The Hall–Kier alpha value is -2.17. The van der Waals surface area contributed by atoms with Gasteiger partial charge in [0.1, 0.15) is 23.8 Å². The van der Waals surface area contributed by atoms with Crippen LogP contribution >= 0.6 is 0 Å². The van der Waals surface area contributed by atoms with Crippen LogP contribution < -0.4 is 10.6 Å². The molecule has 2 rings (SSSR count). The average molecular weight is 288 g/mol. The molecule has 21 heavy (non-hydrogen) atoms. The fourth-order valence-corrected chi connectivity index (χ4v) is 2.16. The van der Waals surface area contributed by atoms with Crippen molar-refractivity contribution >= 4 is 11.6 Å². The maximum Gasteiger partial charge on any atom is 0.134 e. The third-order valence-electron chi connectivity index (χ3n) is 3.16. The van der Waals surface area contributed by atoms with E-state index in [1.807, 2.05) is 6.92 Å². The van der Waals surface area contributed by atoms with Gasteiger partial charge < -0.3 is 10.6 Å². The normalized spacial score (nSPS) is 10.4. The molecule has 2 aromatic rings. The standard InChI is InChI=1S/C16H21FN4/c1-3-5-14-15(18-4-2)20-11-21-16(14)19-10-12-6-8-13(17)9-7-12/h6-9,11H,3-5,10H2,1-2H3,(H2,18,19,20,21). The highest BCUT2D eigenvalue weighted by Gasteiger charge is 2.10. The fourth-order valence-electron chi connectivity index (χ4n) is 2.16. The molecule has 0 fully saturated rings. The summed E-state index contributed by atoms with van der Waals surface area (Å²) in [7, 11) is 0. The Bertz CT molecular complexity index is 569. The highest BCUT2D eigenvalue weighted by Crippen LogP contribution is 2.22. The fraction of sp³-hybridized carbons (Fsp3) is 0.375. The first-order valence-corrected chi connectivity index (χ1v) is 7.30. The molecule has 1 aromatic heterocycles. The zero-order valence-corrected chi connectivity index (χ0v) is 12.5. The second kappa shape index (κ2) is 7.57. The lowest BCUT2D eigenvalue weighted by Gasteiger charge is -2.14. The lowest BCUT2D eigenvalue weighted by Crippen LogP contribution is -2.10. The zero-order valence-electron chi connectivity index (χ0n) is 12.5. The molecule has 0 aliphatic heterocycles. The Kier molecular flexibility index (Phi) is 5.49. The van der Waals surface area contributed by atoms with Gasteiger partial charge in [0.05, 0.1) is 0 Å². The number of nitrogens with one attached hydrogen (secondary N) is 2. The summed E-state index contributed by atoms with van der Waals surface area (Å²) in [5.41, 5.74) is 2.12. The molecule has 0 radical (unpaired) electrons. The van der Waals surface area contributed by atoms with E-state index in [0.29, 0.717) is 6.54 Å². The van der Waals surface area contributed by atoms with Crippen LogP contribution in [0.25, 0.3) is 0 Å². The molecule has 0 saturated heterocycles. The van der Waals surface area contributed by atoms with Gasteiger partial charge in [0, 0.05) is 18.7 Å². The molecule has 1 heterocycles. The first kappa shape index (κ1) is 15.2. The lowest BCUT2D eigenvalue weighted by molar-refractivity contribution is 0.627. The van der Waals surface area contributed by atoms with Crippen LogP contribution in [0.1, 0.15) is 31.4 Å². The van der Waals surface area contributed by atoms with Gasteiger partial charge in [-0.25, -0.2) is 14.4 Å². The highest BCUT2D eigenvalue weighted by atomic mass is 19.1. The van der Waals surface area contributed by atoms with E-state index in [2.05, 4.69) is 27.5 Å². The molecule has 0 spiro atoms. The summed E-state index contributed by atoms with van der Waals surface area (Å²) in [6, 6.07) is 6.48. The van der Waals surface area contributed by atoms with Gasteiger partial charge in [-0.05, 0) is 31.0 Å². The minimum absolute atomic E-state index is 0.220. The molecule has 4 nitrogen and oxygen atoms in total. The molecule has 0 aliphatic carbocycles. The highest BCUT2D eigenvalue weighted by molar-refractivity contribution is 5.57. The smallest absolute Gasteiger partial charge is 0.134 e. The van der Waals surface area contributed by atoms with Crippen molar-refractivity contribution in [2.45, 2.75) is 33.2 Å². The molecule has 0 unspecified atom stereocenters. The predicted molar refractivity (Wildman–Crippen MR) is 83.9 cm³/mol. The van der Waals surface area contributed by atoms with Gasteiger partial charge in [-0.3, -0.25) is 0 Å². The van der Waals surface area contributed by atoms with Crippen molar-refractivity contribution in [2.75, 3.05) is 17.2 Å². The SMILES string of the molecule is CCCc1c(NCC)ncnc1NCc1ccc(F)cc1. The molecular formula is C16H21FN4. The van der Waals surface area contributed by atoms with E-state index in [1.54, 1.807) is 18.5 Å². The van der Waals surface area contributed by atoms with Crippen molar-refractivity contribution in [2.24, 2.45) is 0 Å². The van der Waals surface area contributed by atoms with Gasteiger partial charge in [0.25, 0.3) is 0 Å². The summed E-state index contributed by atoms with van der Waals surface area (Å²) in [6.45, 7) is 5.61. The van der Waals surface area contributed by atoms with Crippen LogP contribution in [-0.2, 0) is 13.0 Å². The molecule has 0 atom stereocenters. The minimum atomic E-state index is -0.220. The topological polar surface area (TPSA) is 49.8 Å². The lowest BCUT2D eigenvalue weighted by atomic mass is 10.1. The first-order valence-electron chi connectivity index (χ1n) is 7.30. The van der Waals surface area contributed by atoms with E-state index in [0.717, 1.165) is 42.1 Å². The molecule has 5 heteroatoms. The van der Waals surface area contributed by atoms with Gasteiger partial charge in [0.15, 0.2) is 0 Å². The van der Waals surface area contributed by atoms with Crippen molar-refractivity contribution in [3.05, 3.63) is 47.5 Å². The third kappa shape index (κ3) is 4.15. The zero-order chi connectivity index (χ0) is 15.1. The first-order chi connectivity index (χ1) is 10.2. The summed E-state index contributed by atoms with van der Waals surface area (Å²) in [5.74, 6) is 1.50. The third-order valence-corrected chi connectivity index (χ3v) is 3.16. The maximum atomic E-state index is 12.9. The summed E-state index contributed by atoms with van der Waals surface area (Å²) in [5, 5.41) is 6.59. The van der Waals surface area contributed by atoms with E-state index in [4.69, 9.17) is 0 Å². The Morgan fingerprint density at radius 2 is 1.67 bits per heavy atom. The summed E-state index contributed by atoms with van der Waals surface area (Å²) in [6.07, 6.45) is 3.50. The van der Waals surface area contributed by atoms with E-state index in [9.17, 15) is 4.39 Å². The molecular weight excluding hydrogens is 267 g/mol. The molecule has 0 bridgehead atoms. The number of rotatable bonds is 7. The van der Waals surface area contributed by atoms with E-state index >= 15 is 0 Å². The van der Waals surface area contributed by atoms with Gasteiger partial charge in [0.2, 0.25) is 0 Å². The Balaban J connectivity index is 2.14. The number of nitrogens with zero attached hydrogens (tertiary/aromatic N) is 2. The van der Waals surface area contributed by atoms with Crippen LogP contribution in [-0.4, -0.2) is 16.5 Å². The van der Waals surface area contributed by atoms with E-state index in [1.165, 1.54) is 12.1 Å². The van der Waals surface area contributed by atoms with Crippen LogP contribution in [0, 0.1) is 5.82 Å². The monoisotopic (exact) mass is 288 g/mol. The number of aromatic nitrogens is 2. The number of hydrogen-bond donors (Lipinski definition) is 2. The van der Waals surface area contributed by atoms with Crippen LogP contribution in [0.3, 0.4) is 0 Å². The van der Waals surface area contributed by atoms with Crippen LogP contribution in [0.5, 0.6) is 0 Å². The Labute approximate surface area is 124 Å². The molecule has 1 aromatic carbocycles. The predicted octanol–water partition coefficient (Wildman–Crippen LogP) is 3.61. The number of hydrogen-bond acceptors (Lipinski definition) is 4. The summed E-state index contributed by atoms with van der Waals surface area (Å²) < 4.78 is 12.9. The van der Waals surface area contributed by atoms with Crippen molar-refractivity contribution in [3.8, 4) is 0 Å². The molecule has 0 saturated carbocycles. The van der Waals surface area contributed by atoms with Crippen molar-refractivity contribution in [1.29, 1.82) is 0 Å². The van der Waals surface area contributed by atoms with Crippen molar-refractivity contribution < 1.29 is 4.39 Å². The van der Waals surface area contributed by atoms with E-state index in [-0.39, 0.29) is 5.82 Å². The molecule has 0 amide bonds. The quantitative estimate of drug-likeness (QED) is 0.817. The van der Waals surface area contributed by atoms with Crippen molar-refractivity contribution in [1.82, 2.24) is 9.97 Å². The number of halogens is 1. The van der Waals surface area contributed by atoms with Gasteiger partial charge in [-0.2, -0.15) is 0 Å². The van der Waals surface area contributed by atoms with Gasteiger partial charge in [-0.15, -0.1) is 0 Å². The Morgan fingerprint density at radius 1 is 1.00 bits per heavy atom. The molecule has 2 N–H and O–H groups in total. The van der Waals surface area contributed by atoms with Crippen LogP contribution in [0.15, 0.2) is 30.6 Å². The molecule has 0 aliphatic rings. The van der Waals surface area contributed by atoms with Gasteiger partial charge in [-0.1, -0.05) is 25.5 Å². The number of benzene rings is 1. The minimum Gasteiger partial charge on any atom is -0.370 e. The summed E-state index contributed by atoms with van der Waals surface area (Å²) >= 11 is 0. The maximum absolute atomic E-state index is 12.9. The average Bonchev–Trinajstić information content (AvgIpc) is 2.49. The summed E-state index contributed by atoms with van der Waals surface area (Å²) in [4.78, 5) is 8.64. The largest absolute Gasteiger partial charge is 0.370 e. The Morgan fingerprint density at radius 3 is 2.29 bits per heavy atom. The second-order valence-electron chi connectivity index (χ2n) is 4.81. The number of anilines is 2. The van der Waals surface area contributed by atoms with Crippen LogP contribution in [0.2, 0.25) is 0 Å².